The second kappa shape index (κ2) is 12.9. The van der Waals surface area contributed by atoms with Gasteiger partial charge in [0.25, 0.3) is 5.91 Å². The Morgan fingerprint density at radius 2 is 1.63 bits per heavy atom. The number of rotatable bonds is 12. The molecule has 0 heterocycles. The first-order valence-electron chi connectivity index (χ1n) is 12.2. The van der Waals surface area contributed by atoms with Gasteiger partial charge < -0.3 is 15.7 Å². The van der Waals surface area contributed by atoms with Crippen molar-refractivity contribution in [2.75, 3.05) is 24.2 Å². The molecule has 0 spiro atoms. The highest BCUT2D eigenvalue weighted by atomic mass is 32.2. The number of sulfonamides is 1. The van der Waals surface area contributed by atoms with Crippen LogP contribution in [0.5, 0.6) is 0 Å². The topological polar surface area (TPSA) is 98.7 Å². The minimum Gasteiger partial charge on any atom is -0.390 e. The van der Waals surface area contributed by atoms with Gasteiger partial charge in [0.1, 0.15) is 11.6 Å². The van der Waals surface area contributed by atoms with E-state index in [9.17, 15) is 27.1 Å². The maximum Gasteiger partial charge on any atom is 0.251 e. The number of hydrogen-bond donors (Lipinski definition) is 3. The SMILES string of the molecule is CCc1cccc(CNC[C@H](O)[C@H](Cc2cc(F)cc(F)c2)NC(=O)c2cccc(N(C)S(C)(=O)=O)c2)c1. The summed E-state index contributed by atoms with van der Waals surface area (Å²) in [4.78, 5) is 13.1. The number of anilines is 1. The normalized spacial score (nSPS) is 13.1. The molecule has 3 rings (SSSR count). The minimum absolute atomic E-state index is 0.0302. The van der Waals surface area contributed by atoms with E-state index < -0.39 is 39.7 Å². The standard InChI is InChI=1S/C28H33F2N3O4S/c1-4-19-7-5-8-20(11-19)17-31-18-27(34)26(14-21-12-23(29)16-24(30)13-21)32-28(35)22-9-6-10-25(15-22)33(2)38(3,36)37/h5-13,15-16,26-27,31,34H,4,14,17-18H2,1-3H3,(H,32,35)/t26-,27-/m0/s1. The van der Waals surface area contributed by atoms with E-state index in [2.05, 4.69) is 23.6 Å². The summed E-state index contributed by atoms with van der Waals surface area (Å²) in [7, 11) is -2.16. The van der Waals surface area contributed by atoms with E-state index in [0.29, 0.717) is 12.2 Å². The van der Waals surface area contributed by atoms with Gasteiger partial charge in [-0.1, -0.05) is 37.3 Å². The van der Waals surface area contributed by atoms with Gasteiger partial charge in [0.15, 0.2) is 0 Å². The van der Waals surface area contributed by atoms with Crippen molar-refractivity contribution < 1.29 is 27.1 Å². The Labute approximate surface area is 222 Å². The molecule has 3 aromatic carbocycles. The summed E-state index contributed by atoms with van der Waals surface area (Å²) in [6.45, 7) is 2.66. The molecule has 3 aromatic rings. The number of aliphatic hydroxyl groups is 1. The van der Waals surface area contributed by atoms with Gasteiger partial charge in [0.05, 0.1) is 24.1 Å². The van der Waals surface area contributed by atoms with Crippen molar-refractivity contribution in [3.8, 4) is 0 Å². The molecule has 1 amide bonds. The summed E-state index contributed by atoms with van der Waals surface area (Å²) in [5.74, 6) is -2.08. The number of benzene rings is 3. The van der Waals surface area contributed by atoms with Crippen LogP contribution in [0.3, 0.4) is 0 Å². The molecule has 0 aliphatic heterocycles. The molecular formula is C28H33F2N3O4S. The Morgan fingerprint density at radius 3 is 2.29 bits per heavy atom. The van der Waals surface area contributed by atoms with Crippen LogP contribution < -0.4 is 14.9 Å². The quantitative estimate of drug-likeness (QED) is 0.324. The monoisotopic (exact) mass is 545 g/mol. The minimum atomic E-state index is -3.54. The number of aryl methyl sites for hydroxylation is 1. The number of nitrogens with zero attached hydrogens (tertiary/aromatic N) is 1. The third kappa shape index (κ3) is 8.34. The average molecular weight is 546 g/mol. The molecule has 10 heteroatoms. The lowest BCUT2D eigenvalue weighted by molar-refractivity contribution is 0.0830. The van der Waals surface area contributed by atoms with Gasteiger partial charge in [-0.2, -0.15) is 0 Å². The van der Waals surface area contributed by atoms with Gasteiger partial charge in [-0.15, -0.1) is 0 Å². The number of halogens is 2. The number of amides is 1. The van der Waals surface area contributed by atoms with Crippen LogP contribution in [0, 0.1) is 11.6 Å². The molecule has 0 fully saturated rings. The second-order valence-electron chi connectivity index (χ2n) is 9.21. The van der Waals surface area contributed by atoms with Gasteiger partial charge in [-0.05, 0) is 59.9 Å². The van der Waals surface area contributed by atoms with Crippen LogP contribution in [0.25, 0.3) is 0 Å². The molecule has 3 N–H and O–H groups in total. The highest BCUT2D eigenvalue weighted by Gasteiger charge is 2.24. The van der Waals surface area contributed by atoms with Gasteiger partial charge in [-0.3, -0.25) is 9.10 Å². The zero-order chi connectivity index (χ0) is 27.9. The van der Waals surface area contributed by atoms with Crippen molar-refractivity contribution in [2.45, 2.75) is 38.5 Å². The lowest BCUT2D eigenvalue weighted by Gasteiger charge is -2.25. The van der Waals surface area contributed by atoms with E-state index in [4.69, 9.17) is 0 Å². The summed E-state index contributed by atoms with van der Waals surface area (Å²) in [5, 5.41) is 16.9. The zero-order valence-electron chi connectivity index (χ0n) is 21.6. The predicted molar refractivity (Wildman–Crippen MR) is 145 cm³/mol. The van der Waals surface area contributed by atoms with E-state index in [1.165, 1.54) is 24.7 Å². The van der Waals surface area contributed by atoms with E-state index in [0.717, 1.165) is 40.7 Å². The Kier molecular flexibility index (Phi) is 9.96. The van der Waals surface area contributed by atoms with Crippen LogP contribution in [0.15, 0.2) is 66.7 Å². The molecule has 204 valence electrons. The summed E-state index contributed by atoms with van der Waals surface area (Å²) in [6, 6.07) is 16.2. The fourth-order valence-corrected chi connectivity index (χ4v) is 4.51. The first-order chi connectivity index (χ1) is 18.0. The van der Waals surface area contributed by atoms with E-state index in [1.807, 2.05) is 18.2 Å². The number of carbonyl (C=O) groups excluding carboxylic acids is 1. The van der Waals surface area contributed by atoms with Crippen LogP contribution in [-0.4, -0.2) is 51.4 Å². The number of nitrogens with one attached hydrogen (secondary N) is 2. The average Bonchev–Trinajstić information content (AvgIpc) is 2.86. The van der Waals surface area contributed by atoms with Gasteiger partial charge in [0.2, 0.25) is 10.0 Å². The van der Waals surface area contributed by atoms with Crippen LogP contribution in [0.2, 0.25) is 0 Å². The fourth-order valence-electron chi connectivity index (χ4n) is 4.02. The molecule has 0 radical (unpaired) electrons. The van der Waals surface area contributed by atoms with E-state index >= 15 is 0 Å². The molecule has 0 saturated carbocycles. The Hall–Kier alpha value is -3.34. The number of hydrogen-bond acceptors (Lipinski definition) is 5. The maximum absolute atomic E-state index is 13.8. The second-order valence-corrected chi connectivity index (χ2v) is 11.2. The van der Waals surface area contributed by atoms with Crippen molar-refractivity contribution in [1.82, 2.24) is 10.6 Å². The highest BCUT2D eigenvalue weighted by Crippen LogP contribution is 2.18. The van der Waals surface area contributed by atoms with Crippen molar-refractivity contribution in [3.05, 3.63) is 101 Å². The number of carbonyl (C=O) groups is 1. The molecule has 38 heavy (non-hydrogen) atoms. The van der Waals surface area contributed by atoms with Gasteiger partial charge >= 0.3 is 0 Å². The van der Waals surface area contributed by atoms with Gasteiger partial charge in [0, 0.05) is 31.8 Å². The Balaban J connectivity index is 1.77. The summed E-state index contributed by atoms with van der Waals surface area (Å²) < 4.78 is 52.5. The summed E-state index contributed by atoms with van der Waals surface area (Å²) >= 11 is 0. The van der Waals surface area contributed by atoms with Crippen molar-refractivity contribution >= 4 is 21.6 Å². The molecular weight excluding hydrogens is 512 g/mol. The molecule has 0 aromatic heterocycles. The summed E-state index contributed by atoms with van der Waals surface area (Å²) in [6.07, 6.45) is 0.824. The van der Waals surface area contributed by atoms with Crippen LogP contribution in [0.4, 0.5) is 14.5 Å². The largest absolute Gasteiger partial charge is 0.390 e. The van der Waals surface area contributed by atoms with Crippen LogP contribution in [-0.2, 0) is 29.4 Å². The zero-order valence-corrected chi connectivity index (χ0v) is 22.4. The van der Waals surface area contributed by atoms with E-state index in [-0.39, 0.29) is 24.1 Å². The lowest BCUT2D eigenvalue weighted by Crippen LogP contribution is -2.48. The first-order valence-corrected chi connectivity index (χ1v) is 14.1. The molecule has 0 aliphatic carbocycles. The molecule has 7 nitrogen and oxygen atoms in total. The molecule has 0 aliphatic rings. The van der Waals surface area contributed by atoms with Crippen LogP contribution in [0.1, 0.15) is 34.0 Å². The molecule has 0 saturated heterocycles. The highest BCUT2D eigenvalue weighted by molar-refractivity contribution is 7.92. The molecule has 2 atom stereocenters. The van der Waals surface area contributed by atoms with Crippen LogP contribution >= 0.6 is 0 Å². The predicted octanol–water partition coefficient (Wildman–Crippen LogP) is 3.41. The van der Waals surface area contributed by atoms with Crippen molar-refractivity contribution in [1.29, 1.82) is 0 Å². The maximum atomic E-state index is 13.8. The smallest absolute Gasteiger partial charge is 0.251 e. The first kappa shape index (κ1) is 29.2. The molecule has 0 bridgehead atoms. The van der Waals surface area contributed by atoms with Crippen molar-refractivity contribution in [3.63, 3.8) is 0 Å². The van der Waals surface area contributed by atoms with Crippen molar-refractivity contribution in [2.24, 2.45) is 0 Å². The van der Waals surface area contributed by atoms with E-state index in [1.54, 1.807) is 12.1 Å². The molecule has 0 unspecified atom stereocenters. The van der Waals surface area contributed by atoms with Gasteiger partial charge in [-0.25, -0.2) is 17.2 Å². The third-order valence-corrected chi connectivity index (χ3v) is 7.42. The third-order valence-electron chi connectivity index (χ3n) is 6.21. The number of aliphatic hydroxyl groups excluding tert-OH is 1. The Morgan fingerprint density at radius 1 is 0.974 bits per heavy atom. The summed E-state index contributed by atoms with van der Waals surface area (Å²) in [5.41, 5.74) is 2.96. The Bertz CT molecular complexity index is 1350. The lowest BCUT2D eigenvalue weighted by atomic mass is 10.00. The fraction of sp³-hybridized carbons (Fsp3) is 0.321.